The van der Waals surface area contributed by atoms with Crippen LogP contribution in [0.3, 0.4) is 0 Å². The number of aromatic carboxylic acids is 1. The molecule has 0 aliphatic heterocycles. The summed E-state index contributed by atoms with van der Waals surface area (Å²) in [6.45, 7) is 0. The molecule has 1 aromatic heterocycles. The molecule has 3 N–H and O–H groups in total. The molecule has 2 amide bonds. The highest BCUT2D eigenvalue weighted by Gasteiger charge is 2.55. The predicted molar refractivity (Wildman–Crippen MR) is 148 cm³/mol. The van der Waals surface area contributed by atoms with Crippen LogP contribution in [0, 0.1) is 23.6 Å². The molecule has 3 aromatic rings. The Morgan fingerprint density at radius 1 is 1.00 bits per heavy atom. The van der Waals surface area contributed by atoms with Crippen molar-refractivity contribution in [2.45, 2.75) is 31.2 Å². The smallest absolute Gasteiger partial charge is 0.419 e. The van der Waals surface area contributed by atoms with Crippen molar-refractivity contribution in [1.29, 1.82) is 0 Å². The fourth-order valence-electron chi connectivity index (χ4n) is 6.21. The van der Waals surface area contributed by atoms with Crippen molar-refractivity contribution in [1.82, 2.24) is 10.3 Å². The Hall–Kier alpha value is -4.95. The van der Waals surface area contributed by atoms with Crippen LogP contribution in [0.15, 0.2) is 66.4 Å². The molecule has 0 saturated heterocycles. The molecule has 5 rings (SSSR count). The average molecular weight is 652 g/mol. The number of hydrogen-bond acceptors (Lipinski definition) is 5. The first-order valence-electron chi connectivity index (χ1n) is 13.7. The highest BCUT2D eigenvalue weighted by molar-refractivity contribution is 6.00. The third-order valence-electron chi connectivity index (χ3n) is 8.11. The summed E-state index contributed by atoms with van der Waals surface area (Å²) in [5.41, 5.74) is -1.87. The highest BCUT2D eigenvalue weighted by atomic mass is 19.4. The fraction of sp³-hybridized carbons (Fsp3) is 0.290. The minimum atomic E-state index is -5.08. The summed E-state index contributed by atoms with van der Waals surface area (Å²) >= 11 is 0. The van der Waals surface area contributed by atoms with E-state index in [9.17, 15) is 50.2 Å². The van der Waals surface area contributed by atoms with E-state index in [1.54, 1.807) is 6.07 Å². The quantitative estimate of drug-likeness (QED) is 0.199. The number of halogens is 7. The third kappa shape index (κ3) is 6.53. The Labute approximate surface area is 256 Å². The van der Waals surface area contributed by atoms with Gasteiger partial charge in [-0.2, -0.15) is 26.3 Å². The van der Waals surface area contributed by atoms with Gasteiger partial charge in [-0.1, -0.05) is 17.7 Å². The van der Waals surface area contributed by atoms with Crippen LogP contribution in [0.25, 0.3) is 11.3 Å². The molecular weight excluding hydrogens is 627 g/mol. The molecule has 0 radical (unpaired) electrons. The first-order chi connectivity index (χ1) is 21.6. The lowest BCUT2D eigenvalue weighted by Gasteiger charge is -2.30. The summed E-state index contributed by atoms with van der Waals surface area (Å²) in [5.74, 6) is -7.86. The molecule has 2 aromatic carbocycles. The van der Waals surface area contributed by atoms with Gasteiger partial charge >= 0.3 is 18.3 Å². The van der Waals surface area contributed by atoms with Crippen LogP contribution in [0.2, 0.25) is 0 Å². The molecule has 8 nitrogen and oxygen atoms in total. The summed E-state index contributed by atoms with van der Waals surface area (Å²) in [7, 11) is 1.24. The number of methoxy groups -OCH3 is 1. The Morgan fingerprint density at radius 2 is 1.72 bits per heavy atom. The SMILES string of the molecule is COc1cnc(-c2cccc(C(=O)O)c2)cc1C(=O)N[C@@H]1C2CCC(/C2=C/C(F)(F)F)[C@@H]1C(=O)Nc1ccc(F)c(C(F)(F)F)c1. The van der Waals surface area contributed by atoms with Gasteiger partial charge in [0.15, 0.2) is 0 Å². The van der Waals surface area contributed by atoms with E-state index in [0.29, 0.717) is 17.7 Å². The molecule has 2 aliphatic rings. The average Bonchev–Trinajstić information content (AvgIpc) is 3.50. The molecule has 2 aliphatic carbocycles. The number of pyridine rings is 1. The van der Waals surface area contributed by atoms with E-state index in [-0.39, 0.29) is 47.1 Å². The number of ether oxygens (including phenoxy) is 1. The topological polar surface area (TPSA) is 118 Å². The minimum Gasteiger partial charge on any atom is -0.494 e. The lowest BCUT2D eigenvalue weighted by Crippen LogP contribution is -2.48. The van der Waals surface area contributed by atoms with Crippen molar-refractivity contribution >= 4 is 23.5 Å². The van der Waals surface area contributed by atoms with Crippen molar-refractivity contribution in [2.24, 2.45) is 17.8 Å². The monoisotopic (exact) mass is 651 g/mol. The maximum absolute atomic E-state index is 13.8. The summed E-state index contributed by atoms with van der Waals surface area (Å²) in [6, 6.07) is 7.55. The zero-order valence-corrected chi connectivity index (χ0v) is 23.7. The number of alkyl halides is 6. The number of aromatic nitrogens is 1. The van der Waals surface area contributed by atoms with Gasteiger partial charge in [0.1, 0.15) is 11.6 Å². The lowest BCUT2D eigenvalue weighted by molar-refractivity contribution is -0.140. The zero-order valence-electron chi connectivity index (χ0n) is 23.7. The van der Waals surface area contributed by atoms with Crippen molar-refractivity contribution in [2.75, 3.05) is 12.4 Å². The number of nitrogens with zero attached hydrogens (tertiary/aromatic N) is 1. The van der Waals surface area contributed by atoms with Gasteiger partial charge in [0.05, 0.1) is 41.6 Å². The van der Waals surface area contributed by atoms with Crippen LogP contribution >= 0.6 is 0 Å². The van der Waals surface area contributed by atoms with Crippen LogP contribution in [0.5, 0.6) is 5.75 Å². The van der Waals surface area contributed by atoms with Gasteiger partial charge in [-0.15, -0.1) is 0 Å². The van der Waals surface area contributed by atoms with Gasteiger partial charge in [0, 0.05) is 29.3 Å². The van der Waals surface area contributed by atoms with Crippen molar-refractivity contribution in [3.63, 3.8) is 0 Å². The maximum Gasteiger partial charge on any atom is 0.419 e. The molecule has 2 bridgehead atoms. The second-order valence-corrected chi connectivity index (χ2v) is 10.8. The largest absolute Gasteiger partial charge is 0.494 e. The molecule has 242 valence electrons. The second kappa shape index (κ2) is 12.1. The summed E-state index contributed by atoms with van der Waals surface area (Å²) in [6.07, 6.45) is -8.20. The molecule has 2 fully saturated rings. The first-order valence-corrected chi connectivity index (χ1v) is 13.7. The van der Waals surface area contributed by atoms with E-state index in [0.717, 1.165) is 6.07 Å². The van der Waals surface area contributed by atoms with Gasteiger partial charge in [0.2, 0.25) is 5.91 Å². The van der Waals surface area contributed by atoms with Crippen LogP contribution in [-0.2, 0) is 11.0 Å². The Kier molecular flexibility index (Phi) is 8.53. The number of allylic oxidation sites excluding steroid dienone is 1. The molecule has 15 heteroatoms. The van der Waals surface area contributed by atoms with Crippen molar-refractivity contribution in [3.05, 3.63) is 88.9 Å². The summed E-state index contributed by atoms with van der Waals surface area (Å²) in [4.78, 5) is 42.8. The number of fused-ring (bicyclic) bond motifs is 2. The number of benzene rings is 2. The van der Waals surface area contributed by atoms with Crippen LogP contribution in [-0.4, -0.2) is 47.2 Å². The van der Waals surface area contributed by atoms with E-state index >= 15 is 0 Å². The van der Waals surface area contributed by atoms with Crippen LogP contribution in [0.4, 0.5) is 36.4 Å². The standard InChI is InChI=1S/C31H24F7N3O5/c1-46-24-13-39-23(14-3-2-4-15(9-14)29(44)45)11-19(24)27(42)41-26-18-7-6-17(20(18)12-30(33,34)35)25(26)28(43)40-16-5-8-22(32)21(10-16)31(36,37)38/h2-5,8-13,17-18,25-26H,6-7H2,1H3,(H,40,43)(H,41,42)(H,44,45)/b20-12-/t17?,18?,25-,26+/m0/s1. The fourth-order valence-corrected chi connectivity index (χ4v) is 6.21. The number of carbonyl (C=O) groups is 3. The number of hydrogen-bond donors (Lipinski definition) is 3. The Bertz CT molecular complexity index is 1740. The number of carboxylic acids is 1. The molecule has 0 spiro atoms. The Balaban J connectivity index is 1.49. The van der Waals surface area contributed by atoms with E-state index in [1.165, 1.54) is 37.6 Å². The van der Waals surface area contributed by atoms with Crippen molar-refractivity contribution < 1.29 is 55.0 Å². The number of carbonyl (C=O) groups excluding carboxylic acids is 2. The molecule has 2 unspecified atom stereocenters. The van der Waals surface area contributed by atoms with Crippen molar-refractivity contribution in [3.8, 4) is 17.0 Å². The van der Waals surface area contributed by atoms with E-state index < -0.39 is 71.0 Å². The minimum absolute atomic E-state index is 0.0307. The summed E-state index contributed by atoms with van der Waals surface area (Å²) < 4.78 is 99.4. The maximum atomic E-state index is 13.8. The molecular formula is C31H24F7N3O5. The summed E-state index contributed by atoms with van der Waals surface area (Å²) in [5, 5.41) is 14.2. The molecule has 4 atom stereocenters. The highest BCUT2D eigenvalue weighted by Crippen LogP contribution is 2.54. The van der Waals surface area contributed by atoms with Crippen LogP contribution in [0.1, 0.15) is 39.1 Å². The van der Waals surface area contributed by atoms with Crippen LogP contribution < -0.4 is 15.4 Å². The predicted octanol–water partition coefficient (Wildman–Crippen LogP) is 6.50. The molecule has 1 heterocycles. The number of rotatable bonds is 7. The molecule has 46 heavy (non-hydrogen) atoms. The number of carboxylic acid groups (broad SMARTS) is 1. The zero-order chi connectivity index (χ0) is 33.6. The van der Waals surface area contributed by atoms with E-state index in [4.69, 9.17) is 4.74 Å². The van der Waals surface area contributed by atoms with Gasteiger partial charge in [0.25, 0.3) is 5.91 Å². The third-order valence-corrected chi connectivity index (χ3v) is 8.11. The Morgan fingerprint density at radius 3 is 2.37 bits per heavy atom. The number of anilines is 1. The first kappa shape index (κ1) is 32.4. The van der Waals surface area contributed by atoms with E-state index in [1.807, 2.05) is 0 Å². The lowest BCUT2D eigenvalue weighted by atomic mass is 9.83. The van der Waals surface area contributed by atoms with Gasteiger partial charge in [-0.05, 0) is 55.2 Å². The molecule has 2 saturated carbocycles. The van der Waals surface area contributed by atoms with Gasteiger partial charge in [-0.25, -0.2) is 9.18 Å². The van der Waals surface area contributed by atoms with Gasteiger partial charge < -0.3 is 20.5 Å². The number of nitrogens with one attached hydrogen (secondary N) is 2. The van der Waals surface area contributed by atoms with E-state index in [2.05, 4.69) is 15.6 Å². The van der Waals surface area contributed by atoms with Gasteiger partial charge in [-0.3, -0.25) is 14.6 Å². The number of amides is 2. The second-order valence-electron chi connectivity index (χ2n) is 10.8. The normalized spacial score (nSPS) is 21.7.